The summed E-state index contributed by atoms with van der Waals surface area (Å²) in [4.78, 5) is 48.6. The maximum atomic E-state index is 13.6. The summed E-state index contributed by atoms with van der Waals surface area (Å²) < 4.78 is 13.0. The van der Waals surface area contributed by atoms with Gasteiger partial charge in [0.05, 0.1) is 29.0 Å². The minimum absolute atomic E-state index is 0.0890. The average Bonchev–Trinajstić information content (AvgIpc) is 3.37. The van der Waals surface area contributed by atoms with E-state index in [4.69, 9.17) is 14.5 Å². The van der Waals surface area contributed by atoms with Gasteiger partial charge in [0.2, 0.25) is 0 Å². The number of nitrogens with zero attached hydrogens (tertiary/aromatic N) is 4. The maximum Gasteiger partial charge on any atom is 0.415 e. The molecule has 10 nitrogen and oxygen atoms in total. The molecule has 0 unspecified atom stereocenters. The molecule has 0 bridgehead atoms. The summed E-state index contributed by atoms with van der Waals surface area (Å²) in [7, 11) is 7.66. The van der Waals surface area contributed by atoms with E-state index in [1.807, 2.05) is 63.7 Å². The van der Waals surface area contributed by atoms with E-state index in [9.17, 15) is 19.5 Å². The Balaban J connectivity index is 1.28. The van der Waals surface area contributed by atoms with Crippen molar-refractivity contribution in [1.29, 1.82) is 0 Å². The molecule has 0 aliphatic carbocycles. The van der Waals surface area contributed by atoms with Crippen LogP contribution in [0.1, 0.15) is 48.4 Å². The minimum Gasteiger partial charge on any atom is -0.458 e. The summed E-state index contributed by atoms with van der Waals surface area (Å²) in [6, 6.07) is 7.60. The van der Waals surface area contributed by atoms with E-state index in [1.165, 1.54) is 0 Å². The molecule has 1 N–H and O–H groups in total. The first-order valence-electron chi connectivity index (χ1n) is 14.7. The summed E-state index contributed by atoms with van der Waals surface area (Å²) in [6.45, 7) is 3.06. The number of amides is 1. The van der Waals surface area contributed by atoms with Gasteiger partial charge in [0, 0.05) is 52.7 Å². The van der Waals surface area contributed by atoms with Crippen LogP contribution in [0.4, 0.5) is 4.79 Å². The van der Waals surface area contributed by atoms with Crippen LogP contribution in [0.25, 0.3) is 22.3 Å². The SMILES string of the molecule is CC[C@]1(O)C(=O)OCc2c1cc1n(c2=O)Cc2cc3c(CN(C)C)c(OC(=O)N4CCC[C@@H]5CSSC[C@@H]54)ccc3nc2-1. The second-order valence-corrected chi connectivity index (χ2v) is 14.6. The number of hydrogen-bond acceptors (Lipinski definition) is 10. The van der Waals surface area contributed by atoms with Crippen molar-refractivity contribution in [3.8, 4) is 17.1 Å². The van der Waals surface area contributed by atoms with Gasteiger partial charge in [-0.2, -0.15) is 0 Å². The molecule has 0 radical (unpaired) electrons. The Morgan fingerprint density at radius 1 is 1.23 bits per heavy atom. The van der Waals surface area contributed by atoms with E-state index < -0.39 is 11.6 Å². The molecule has 226 valence electrons. The van der Waals surface area contributed by atoms with Crippen LogP contribution in [0.5, 0.6) is 5.75 Å². The second kappa shape index (κ2) is 10.8. The quantitative estimate of drug-likeness (QED) is 0.263. The fourth-order valence-corrected chi connectivity index (χ4v) is 9.72. The molecule has 43 heavy (non-hydrogen) atoms. The molecular formula is C31H34N4O6S2. The Hall–Kier alpha value is -3.06. The molecule has 1 amide bonds. The number of carbonyl (C=O) groups is 2. The number of pyridine rings is 2. The van der Waals surface area contributed by atoms with Crippen molar-refractivity contribution in [3.05, 3.63) is 56.9 Å². The fraction of sp³-hybridized carbons (Fsp3) is 0.484. The molecule has 4 aliphatic heterocycles. The topological polar surface area (TPSA) is 114 Å². The highest BCUT2D eigenvalue weighted by atomic mass is 33.1. The van der Waals surface area contributed by atoms with E-state index in [-0.39, 0.29) is 30.7 Å². The predicted octanol–water partition coefficient (Wildman–Crippen LogP) is 4.12. The lowest BCUT2D eigenvalue weighted by Crippen LogP contribution is -2.52. The first kappa shape index (κ1) is 28.7. The van der Waals surface area contributed by atoms with Gasteiger partial charge in [0.25, 0.3) is 5.56 Å². The van der Waals surface area contributed by atoms with Crippen molar-refractivity contribution >= 4 is 44.6 Å². The molecule has 4 aliphatic rings. The number of piperidine rings is 1. The number of likely N-dealkylation sites (tertiary alicyclic amines) is 1. The molecule has 2 fully saturated rings. The van der Waals surface area contributed by atoms with Crippen LogP contribution in [-0.4, -0.2) is 74.7 Å². The number of cyclic esters (lactones) is 1. The average molecular weight is 623 g/mol. The van der Waals surface area contributed by atoms with Gasteiger partial charge in [-0.15, -0.1) is 0 Å². The third kappa shape index (κ3) is 4.65. The summed E-state index contributed by atoms with van der Waals surface area (Å²) in [5.41, 5.74) is 2.03. The Kier molecular flexibility index (Phi) is 7.23. The molecular weight excluding hydrogens is 588 g/mol. The van der Waals surface area contributed by atoms with E-state index in [2.05, 4.69) is 0 Å². The number of rotatable bonds is 4. The zero-order valence-corrected chi connectivity index (χ0v) is 26.1. The molecule has 0 spiro atoms. The molecule has 1 aromatic carbocycles. The van der Waals surface area contributed by atoms with Crippen molar-refractivity contribution in [2.24, 2.45) is 5.92 Å². The number of hydrogen-bond donors (Lipinski definition) is 1. The Morgan fingerprint density at radius 3 is 2.84 bits per heavy atom. The summed E-state index contributed by atoms with van der Waals surface area (Å²) in [5, 5.41) is 12.0. The van der Waals surface area contributed by atoms with Crippen LogP contribution in [0.2, 0.25) is 0 Å². The predicted molar refractivity (Wildman–Crippen MR) is 166 cm³/mol. The Morgan fingerprint density at radius 2 is 2.05 bits per heavy atom. The van der Waals surface area contributed by atoms with Crippen molar-refractivity contribution in [3.63, 3.8) is 0 Å². The molecule has 12 heteroatoms. The first-order chi connectivity index (χ1) is 20.7. The number of fused-ring (bicyclic) bond motifs is 6. The second-order valence-electron chi connectivity index (χ2n) is 12.0. The van der Waals surface area contributed by atoms with E-state index in [1.54, 1.807) is 17.6 Å². The normalized spacial score (nSPS) is 24.3. The highest BCUT2D eigenvalue weighted by Gasteiger charge is 2.45. The summed E-state index contributed by atoms with van der Waals surface area (Å²) >= 11 is 0. The van der Waals surface area contributed by atoms with Crippen LogP contribution in [0, 0.1) is 5.92 Å². The molecule has 2 saturated heterocycles. The first-order valence-corrected chi connectivity index (χ1v) is 17.2. The van der Waals surface area contributed by atoms with Gasteiger partial charge >= 0.3 is 12.1 Å². The van der Waals surface area contributed by atoms with Crippen LogP contribution in [0.3, 0.4) is 0 Å². The van der Waals surface area contributed by atoms with Crippen LogP contribution in [0.15, 0.2) is 29.1 Å². The van der Waals surface area contributed by atoms with Gasteiger partial charge in [0.1, 0.15) is 12.4 Å². The van der Waals surface area contributed by atoms with E-state index in [0.717, 1.165) is 40.9 Å². The molecule has 2 aromatic heterocycles. The van der Waals surface area contributed by atoms with E-state index in [0.29, 0.717) is 59.3 Å². The van der Waals surface area contributed by atoms with Crippen LogP contribution in [-0.2, 0) is 34.8 Å². The van der Waals surface area contributed by atoms with Gasteiger partial charge in [-0.25, -0.2) is 14.6 Å². The standard InChI is InChI=1S/C31H34N4O6S2/c1-4-31(39)22-11-24-27-18(12-35(24)28(36)21(22)14-40-29(31)37)10-19-20(13-33(2)3)26(8-7-23(19)32-27)41-30(38)34-9-5-6-17-15-42-43-16-25(17)34/h7-8,10-11,17,25,39H,4-6,9,12-16H2,1-3H3/t17-,25+,31-/m1/s1. The van der Waals surface area contributed by atoms with Crippen LogP contribution >= 0.6 is 21.6 Å². The zero-order valence-electron chi connectivity index (χ0n) is 24.4. The number of esters is 1. The van der Waals surface area contributed by atoms with Crippen LogP contribution < -0.4 is 10.3 Å². The highest BCUT2D eigenvalue weighted by molar-refractivity contribution is 8.76. The maximum absolute atomic E-state index is 13.6. The van der Waals surface area contributed by atoms with Gasteiger partial charge in [-0.3, -0.25) is 4.79 Å². The zero-order chi connectivity index (χ0) is 30.0. The smallest absolute Gasteiger partial charge is 0.415 e. The lowest BCUT2D eigenvalue weighted by atomic mass is 9.86. The number of aromatic nitrogens is 2. The Bertz CT molecular complexity index is 1720. The van der Waals surface area contributed by atoms with Gasteiger partial charge < -0.3 is 28.9 Å². The lowest BCUT2D eigenvalue weighted by Gasteiger charge is -2.42. The molecule has 7 rings (SSSR count). The number of carbonyl (C=O) groups excluding carboxylic acids is 2. The third-order valence-corrected chi connectivity index (χ3v) is 11.7. The summed E-state index contributed by atoms with van der Waals surface area (Å²) in [6.07, 6.45) is 1.92. The largest absolute Gasteiger partial charge is 0.458 e. The molecule has 0 saturated carbocycles. The minimum atomic E-state index is -1.87. The summed E-state index contributed by atoms with van der Waals surface area (Å²) in [5.74, 6) is 2.26. The van der Waals surface area contributed by atoms with Gasteiger partial charge in [-0.05, 0) is 63.5 Å². The van der Waals surface area contributed by atoms with Crippen molar-refractivity contribution in [1.82, 2.24) is 19.4 Å². The van der Waals surface area contributed by atoms with Crippen molar-refractivity contribution in [2.75, 3.05) is 32.1 Å². The fourth-order valence-electron chi connectivity index (χ4n) is 6.86. The van der Waals surface area contributed by atoms with Gasteiger partial charge in [-0.1, -0.05) is 28.5 Å². The number of benzene rings is 1. The monoisotopic (exact) mass is 622 g/mol. The van der Waals surface area contributed by atoms with Crippen molar-refractivity contribution < 1.29 is 24.2 Å². The van der Waals surface area contributed by atoms with Crippen molar-refractivity contribution in [2.45, 2.75) is 57.5 Å². The van der Waals surface area contributed by atoms with Gasteiger partial charge in [0.15, 0.2) is 5.60 Å². The number of aliphatic hydroxyl groups is 1. The molecule has 3 aromatic rings. The lowest BCUT2D eigenvalue weighted by molar-refractivity contribution is -0.172. The molecule has 3 atom stereocenters. The van der Waals surface area contributed by atoms with E-state index >= 15 is 0 Å². The molecule has 6 heterocycles. The highest BCUT2D eigenvalue weighted by Crippen LogP contribution is 2.42. The number of ether oxygens (including phenoxy) is 2. The Labute approximate surface area is 257 Å². The third-order valence-electron chi connectivity index (χ3n) is 9.19.